The Labute approximate surface area is 115 Å². The first-order chi connectivity index (χ1) is 9.74. The topological polar surface area (TPSA) is 80.0 Å². The maximum Gasteiger partial charge on any atom is 0.339 e. The van der Waals surface area contributed by atoms with Crippen molar-refractivity contribution in [2.24, 2.45) is 0 Å². The van der Waals surface area contributed by atoms with Gasteiger partial charge in [-0.2, -0.15) is 5.10 Å². The number of carbonyl (C=O) groups is 1. The molecule has 0 spiro atoms. The predicted molar refractivity (Wildman–Crippen MR) is 70.9 cm³/mol. The summed E-state index contributed by atoms with van der Waals surface area (Å²) in [7, 11) is 0. The first-order valence-electron chi connectivity index (χ1n) is 6.62. The van der Waals surface area contributed by atoms with Crippen LogP contribution in [0.25, 0.3) is 5.65 Å². The zero-order valence-electron chi connectivity index (χ0n) is 11.0. The van der Waals surface area contributed by atoms with Crippen molar-refractivity contribution in [1.82, 2.24) is 19.5 Å². The molecule has 0 saturated carbocycles. The van der Waals surface area contributed by atoms with Crippen molar-refractivity contribution in [2.75, 3.05) is 32.8 Å². The number of carboxylic acids is 1. The van der Waals surface area contributed by atoms with E-state index in [1.807, 2.05) is 0 Å². The van der Waals surface area contributed by atoms with E-state index < -0.39 is 5.97 Å². The lowest BCUT2D eigenvalue weighted by atomic mass is 10.3. The summed E-state index contributed by atoms with van der Waals surface area (Å²) in [6, 6.07) is 3.20. The average molecular weight is 276 g/mol. The predicted octanol–water partition coefficient (Wildman–Crippen LogP) is 0.302. The second-order valence-corrected chi connectivity index (χ2v) is 4.73. The van der Waals surface area contributed by atoms with Gasteiger partial charge in [-0.1, -0.05) is 0 Å². The lowest BCUT2D eigenvalue weighted by Crippen LogP contribution is -2.37. The van der Waals surface area contributed by atoms with Gasteiger partial charge in [0, 0.05) is 32.3 Å². The Bertz CT molecular complexity index is 619. The largest absolute Gasteiger partial charge is 0.478 e. The fourth-order valence-electron chi connectivity index (χ4n) is 2.31. The number of carboxylic acid groups (broad SMARTS) is 1. The van der Waals surface area contributed by atoms with Gasteiger partial charge in [-0.05, 0) is 12.1 Å². The fraction of sp³-hybridized carbons (Fsp3) is 0.462. The summed E-state index contributed by atoms with van der Waals surface area (Å²) in [4.78, 5) is 17.8. The van der Waals surface area contributed by atoms with Gasteiger partial charge >= 0.3 is 5.97 Å². The fourth-order valence-corrected chi connectivity index (χ4v) is 2.31. The van der Waals surface area contributed by atoms with Gasteiger partial charge in [-0.15, -0.1) is 0 Å². The zero-order chi connectivity index (χ0) is 13.9. The van der Waals surface area contributed by atoms with E-state index in [2.05, 4.69) is 15.0 Å². The number of morpholine rings is 1. The third-order valence-corrected chi connectivity index (χ3v) is 3.39. The average Bonchev–Trinajstić information content (AvgIpc) is 2.88. The van der Waals surface area contributed by atoms with Crippen LogP contribution in [0.15, 0.2) is 18.3 Å². The van der Waals surface area contributed by atoms with Crippen LogP contribution >= 0.6 is 0 Å². The Morgan fingerprint density at radius 1 is 1.40 bits per heavy atom. The first-order valence-corrected chi connectivity index (χ1v) is 6.62. The summed E-state index contributed by atoms with van der Waals surface area (Å²) < 4.78 is 6.83. The second kappa shape index (κ2) is 5.56. The molecule has 3 heterocycles. The minimum atomic E-state index is -0.984. The van der Waals surface area contributed by atoms with Gasteiger partial charge in [0.15, 0.2) is 11.5 Å². The molecule has 2 aromatic heterocycles. The van der Waals surface area contributed by atoms with Gasteiger partial charge < -0.3 is 9.84 Å². The molecule has 3 rings (SSSR count). The van der Waals surface area contributed by atoms with Crippen LogP contribution in [0.4, 0.5) is 0 Å². The maximum atomic E-state index is 11.1. The maximum absolute atomic E-state index is 11.1. The molecule has 0 aliphatic carbocycles. The lowest BCUT2D eigenvalue weighted by Gasteiger charge is -2.25. The summed E-state index contributed by atoms with van der Waals surface area (Å²) in [5.74, 6) is -0.312. The highest BCUT2D eigenvalue weighted by molar-refractivity contribution is 5.94. The van der Waals surface area contributed by atoms with E-state index in [0.717, 1.165) is 32.8 Å². The molecular weight excluding hydrogens is 260 g/mol. The van der Waals surface area contributed by atoms with E-state index in [1.54, 1.807) is 12.3 Å². The van der Waals surface area contributed by atoms with Crippen LogP contribution < -0.4 is 0 Å². The van der Waals surface area contributed by atoms with E-state index in [4.69, 9.17) is 9.84 Å². The molecule has 7 nitrogen and oxygen atoms in total. The van der Waals surface area contributed by atoms with Crippen LogP contribution in [0.3, 0.4) is 0 Å². The first kappa shape index (κ1) is 13.0. The number of nitrogens with zero attached hydrogens (tertiary/aromatic N) is 4. The highest BCUT2D eigenvalue weighted by Gasteiger charge is 2.15. The molecule has 106 valence electrons. The molecule has 0 radical (unpaired) electrons. The summed E-state index contributed by atoms with van der Waals surface area (Å²) >= 11 is 0. The van der Waals surface area contributed by atoms with Crippen molar-refractivity contribution >= 4 is 11.6 Å². The number of pyridine rings is 1. The Hall–Kier alpha value is -1.99. The summed E-state index contributed by atoms with van der Waals surface area (Å²) in [6.07, 6.45) is 2.42. The van der Waals surface area contributed by atoms with Gasteiger partial charge in [-0.3, -0.25) is 4.90 Å². The number of rotatable bonds is 4. The summed E-state index contributed by atoms with van der Waals surface area (Å²) in [5.41, 5.74) is 0.578. The summed E-state index contributed by atoms with van der Waals surface area (Å²) in [6.45, 7) is 4.24. The molecule has 1 N–H and O–H groups in total. The lowest BCUT2D eigenvalue weighted by molar-refractivity contribution is 0.0382. The van der Waals surface area contributed by atoms with Crippen molar-refractivity contribution in [2.45, 2.75) is 6.42 Å². The minimum Gasteiger partial charge on any atom is -0.478 e. The van der Waals surface area contributed by atoms with Gasteiger partial charge in [0.05, 0.1) is 13.2 Å². The van der Waals surface area contributed by atoms with Crippen LogP contribution in [0, 0.1) is 0 Å². The van der Waals surface area contributed by atoms with Crippen molar-refractivity contribution in [3.63, 3.8) is 0 Å². The molecule has 1 aliphatic rings. The van der Waals surface area contributed by atoms with Crippen molar-refractivity contribution in [3.05, 3.63) is 29.7 Å². The van der Waals surface area contributed by atoms with Crippen LogP contribution in [0.5, 0.6) is 0 Å². The van der Waals surface area contributed by atoms with E-state index in [-0.39, 0.29) is 5.56 Å². The second-order valence-electron chi connectivity index (χ2n) is 4.73. The van der Waals surface area contributed by atoms with E-state index in [0.29, 0.717) is 17.9 Å². The molecule has 1 aliphatic heterocycles. The Kier molecular flexibility index (Phi) is 3.62. The highest BCUT2D eigenvalue weighted by atomic mass is 16.5. The number of hydrogen-bond acceptors (Lipinski definition) is 5. The number of aromatic carboxylic acids is 1. The molecule has 0 atom stereocenters. The minimum absolute atomic E-state index is 0.178. The van der Waals surface area contributed by atoms with Gasteiger partial charge in [0.25, 0.3) is 0 Å². The molecule has 1 fully saturated rings. The Morgan fingerprint density at radius 3 is 2.95 bits per heavy atom. The smallest absolute Gasteiger partial charge is 0.339 e. The van der Waals surface area contributed by atoms with Crippen LogP contribution in [-0.4, -0.2) is 63.4 Å². The molecule has 2 aromatic rings. The number of fused-ring (bicyclic) bond motifs is 1. The number of ether oxygens (including phenoxy) is 1. The van der Waals surface area contributed by atoms with Crippen LogP contribution in [-0.2, 0) is 11.2 Å². The monoisotopic (exact) mass is 276 g/mol. The van der Waals surface area contributed by atoms with Crippen LogP contribution in [0.2, 0.25) is 0 Å². The molecule has 20 heavy (non-hydrogen) atoms. The molecule has 0 unspecified atom stereocenters. The van der Waals surface area contributed by atoms with E-state index >= 15 is 0 Å². The van der Waals surface area contributed by atoms with Crippen LogP contribution in [0.1, 0.15) is 16.2 Å². The standard InChI is InChI=1S/C13H16N4O3/c18-13(19)10-2-1-4-17-12(10)14-11(15-17)3-5-16-6-8-20-9-7-16/h1-2,4H,3,5-9H2,(H,18,19). The molecule has 0 amide bonds. The van der Waals surface area contributed by atoms with Crippen molar-refractivity contribution in [3.8, 4) is 0 Å². The Balaban J connectivity index is 1.75. The quantitative estimate of drug-likeness (QED) is 0.865. The normalized spacial score (nSPS) is 16.6. The Morgan fingerprint density at radius 2 is 2.20 bits per heavy atom. The molecule has 7 heteroatoms. The third-order valence-electron chi connectivity index (χ3n) is 3.39. The molecule has 0 bridgehead atoms. The third kappa shape index (κ3) is 2.63. The molecular formula is C13H16N4O3. The molecule has 1 saturated heterocycles. The zero-order valence-corrected chi connectivity index (χ0v) is 11.0. The van der Waals surface area contributed by atoms with Gasteiger partial charge in [-0.25, -0.2) is 14.3 Å². The van der Waals surface area contributed by atoms with Crippen molar-refractivity contribution in [1.29, 1.82) is 0 Å². The molecule has 0 aromatic carbocycles. The summed E-state index contributed by atoms with van der Waals surface area (Å²) in [5, 5.41) is 13.4. The van der Waals surface area contributed by atoms with E-state index in [1.165, 1.54) is 10.6 Å². The highest BCUT2D eigenvalue weighted by Crippen LogP contribution is 2.09. The van der Waals surface area contributed by atoms with E-state index in [9.17, 15) is 4.79 Å². The number of aromatic nitrogens is 3. The van der Waals surface area contributed by atoms with Gasteiger partial charge in [0.1, 0.15) is 5.56 Å². The SMILES string of the molecule is O=C(O)c1cccn2nc(CCN3CCOCC3)nc12. The van der Waals surface area contributed by atoms with Gasteiger partial charge in [0.2, 0.25) is 0 Å². The van der Waals surface area contributed by atoms with Crippen molar-refractivity contribution < 1.29 is 14.6 Å². The number of hydrogen-bond donors (Lipinski definition) is 1.